The minimum Gasteiger partial charge on any atom is -0.352 e. The highest BCUT2D eigenvalue weighted by molar-refractivity contribution is 7.92. The molecule has 1 unspecified atom stereocenters. The highest BCUT2D eigenvalue weighted by Gasteiger charge is 2.32. The molecule has 35 heavy (non-hydrogen) atoms. The maximum atomic E-state index is 13.7. The van der Waals surface area contributed by atoms with Gasteiger partial charge in [0.25, 0.3) is 0 Å². The molecular formula is C26H34ClN3O4S. The molecular weight excluding hydrogens is 486 g/mol. The van der Waals surface area contributed by atoms with Gasteiger partial charge in [-0.1, -0.05) is 54.8 Å². The van der Waals surface area contributed by atoms with Crippen molar-refractivity contribution in [3.63, 3.8) is 0 Å². The van der Waals surface area contributed by atoms with E-state index in [1.807, 2.05) is 31.2 Å². The lowest BCUT2D eigenvalue weighted by Crippen LogP contribution is -2.52. The zero-order valence-corrected chi connectivity index (χ0v) is 22.3. The number of sulfonamides is 1. The Morgan fingerprint density at radius 2 is 1.74 bits per heavy atom. The van der Waals surface area contributed by atoms with Crippen LogP contribution >= 0.6 is 11.6 Å². The molecule has 0 aromatic heterocycles. The maximum Gasteiger partial charge on any atom is 0.244 e. The lowest BCUT2D eigenvalue weighted by atomic mass is 10.1. The normalized spacial score (nSPS) is 15.0. The Morgan fingerprint density at radius 3 is 2.37 bits per heavy atom. The number of carbonyl (C=O) groups is 2. The number of nitrogens with zero attached hydrogens (tertiary/aromatic N) is 2. The Bertz CT molecular complexity index is 1180. The van der Waals surface area contributed by atoms with Gasteiger partial charge in [-0.2, -0.15) is 0 Å². The van der Waals surface area contributed by atoms with Crippen molar-refractivity contribution in [1.29, 1.82) is 0 Å². The molecule has 0 radical (unpaired) electrons. The summed E-state index contributed by atoms with van der Waals surface area (Å²) in [5.74, 6) is -0.698. The first-order valence-electron chi connectivity index (χ1n) is 11.9. The largest absolute Gasteiger partial charge is 0.352 e. The zero-order chi connectivity index (χ0) is 25.8. The van der Waals surface area contributed by atoms with Crippen molar-refractivity contribution >= 4 is 39.1 Å². The van der Waals surface area contributed by atoms with Gasteiger partial charge in [0, 0.05) is 17.6 Å². The van der Waals surface area contributed by atoms with E-state index in [4.69, 9.17) is 11.6 Å². The summed E-state index contributed by atoms with van der Waals surface area (Å²) >= 11 is 6.24. The smallest absolute Gasteiger partial charge is 0.244 e. The van der Waals surface area contributed by atoms with E-state index in [0.717, 1.165) is 47.4 Å². The lowest BCUT2D eigenvalue weighted by Gasteiger charge is -2.32. The molecule has 1 fully saturated rings. The second-order valence-electron chi connectivity index (χ2n) is 9.27. The van der Waals surface area contributed by atoms with Gasteiger partial charge in [0.2, 0.25) is 21.8 Å². The highest BCUT2D eigenvalue weighted by atomic mass is 35.5. The fourth-order valence-electron chi connectivity index (χ4n) is 4.41. The summed E-state index contributed by atoms with van der Waals surface area (Å²) in [5, 5.41) is 3.47. The van der Waals surface area contributed by atoms with E-state index in [1.165, 1.54) is 4.90 Å². The minimum atomic E-state index is -3.80. The predicted molar refractivity (Wildman–Crippen MR) is 140 cm³/mol. The quantitative estimate of drug-likeness (QED) is 0.538. The predicted octanol–water partition coefficient (Wildman–Crippen LogP) is 4.20. The van der Waals surface area contributed by atoms with Crippen molar-refractivity contribution < 1.29 is 18.0 Å². The SMILES string of the molecule is Cc1ccccc1CN(C(=O)CN(c1cccc(Cl)c1C)S(C)(=O)=O)C(C)C(=O)NC1CCCC1. The van der Waals surface area contributed by atoms with Crippen molar-refractivity contribution in [3.05, 3.63) is 64.2 Å². The topological polar surface area (TPSA) is 86.8 Å². The van der Waals surface area contributed by atoms with Crippen molar-refractivity contribution in [2.24, 2.45) is 0 Å². The molecule has 7 nitrogen and oxygen atoms in total. The number of benzene rings is 2. The molecule has 0 aliphatic heterocycles. The molecule has 3 rings (SSSR count). The molecule has 1 aliphatic rings. The molecule has 1 N–H and O–H groups in total. The van der Waals surface area contributed by atoms with Crippen LogP contribution in [-0.4, -0.2) is 50.0 Å². The van der Waals surface area contributed by atoms with Crippen molar-refractivity contribution in [3.8, 4) is 0 Å². The third kappa shape index (κ3) is 6.76. The highest BCUT2D eigenvalue weighted by Crippen LogP contribution is 2.28. The summed E-state index contributed by atoms with van der Waals surface area (Å²) in [4.78, 5) is 28.3. The third-order valence-electron chi connectivity index (χ3n) is 6.66. The van der Waals surface area contributed by atoms with Gasteiger partial charge in [-0.3, -0.25) is 13.9 Å². The molecule has 0 saturated heterocycles. The molecule has 0 spiro atoms. The monoisotopic (exact) mass is 519 g/mol. The Hall–Kier alpha value is -2.58. The van der Waals surface area contributed by atoms with Crippen molar-refractivity contribution in [2.45, 2.75) is 65.1 Å². The number of amides is 2. The first-order chi connectivity index (χ1) is 16.5. The van der Waals surface area contributed by atoms with Crippen LogP contribution in [0.1, 0.15) is 49.3 Å². The summed E-state index contributed by atoms with van der Waals surface area (Å²) in [6.07, 6.45) is 5.07. The fraction of sp³-hybridized carbons (Fsp3) is 0.462. The van der Waals surface area contributed by atoms with Gasteiger partial charge in [-0.05, 0) is 62.4 Å². The first-order valence-corrected chi connectivity index (χ1v) is 14.1. The van der Waals surface area contributed by atoms with Gasteiger partial charge >= 0.3 is 0 Å². The van der Waals surface area contributed by atoms with E-state index in [1.54, 1.807) is 32.0 Å². The third-order valence-corrected chi connectivity index (χ3v) is 8.19. The molecule has 1 atom stereocenters. The van der Waals surface area contributed by atoms with Crippen LogP contribution in [0.5, 0.6) is 0 Å². The van der Waals surface area contributed by atoms with Crippen LogP contribution in [0.4, 0.5) is 5.69 Å². The molecule has 2 aromatic carbocycles. The van der Waals surface area contributed by atoms with Crippen LogP contribution in [-0.2, 0) is 26.2 Å². The second kappa shape index (κ2) is 11.4. The van der Waals surface area contributed by atoms with Gasteiger partial charge < -0.3 is 10.2 Å². The van der Waals surface area contributed by atoms with E-state index in [9.17, 15) is 18.0 Å². The minimum absolute atomic E-state index is 0.113. The van der Waals surface area contributed by atoms with Crippen LogP contribution in [0.15, 0.2) is 42.5 Å². The molecule has 2 aromatic rings. The van der Waals surface area contributed by atoms with Crippen molar-refractivity contribution in [1.82, 2.24) is 10.2 Å². The molecule has 0 bridgehead atoms. The number of carbonyl (C=O) groups excluding carboxylic acids is 2. The average Bonchev–Trinajstić information content (AvgIpc) is 3.30. The van der Waals surface area contributed by atoms with Crippen molar-refractivity contribution in [2.75, 3.05) is 17.1 Å². The van der Waals surface area contributed by atoms with Crippen LogP contribution < -0.4 is 9.62 Å². The standard InChI is InChI=1S/C26H34ClN3O4S/c1-18-10-5-6-11-21(18)16-29(20(3)26(32)28-22-12-7-8-13-22)25(31)17-30(35(4,33)34)24-15-9-14-23(27)19(24)2/h5-6,9-11,14-15,20,22H,7-8,12-13,16-17H2,1-4H3,(H,28,32). The van der Waals surface area contributed by atoms with Gasteiger partial charge in [-0.15, -0.1) is 0 Å². The number of nitrogens with one attached hydrogen (secondary N) is 1. The second-order valence-corrected chi connectivity index (χ2v) is 11.6. The van der Waals surface area contributed by atoms with Gasteiger partial charge in [0.1, 0.15) is 12.6 Å². The number of rotatable bonds is 9. The van der Waals surface area contributed by atoms with Gasteiger partial charge in [0.05, 0.1) is 11.9 Å². The number of hydrogen-bond acceptors (Lipinski definition) is 4. The molecule has 0 heterocycles. The summed E-state index contributed by atoms with van der Waals surface area (Å²) < 4.78 is 26.5. The number of hydrogen-bond donors (Lipinski definition) is 1. The van der Waals surface area contributed by atoms with E-state index < -0.39 is 28.5 Å². The Kier molecular flexibility index (Phi) is 8.83. The molecule has 1 saturated carbocycles. The molecule has 2 amide bonds. The number of anilines is 1. The lowest BCUT2D eigenvalue weighted by molar-refractivity contribution is -0.139. The van der Waals surface area contributed by atoms with E-state index in [2.05, 4.69) is 5.32 Å². The van der Waals surface area contributed by atoms with Crippen LogP contribution in [0, 0.1) is 13.8 Å². The summed E-state index contributed by atoms with van der Waals surface area (Å²) in [6, 6.07) is 11.9. The van der Waals surface area contributed by atoms with Gasteiger partial charge in [0.15, 0.2) is 0 Å². The van der Waals surface area contributed by atoms with E-state index >= 15 is 0 Å². The molecule has 190 valence electrons. The maximum absolute atomic E-state index is 13.7. The zero-order valence-electron chi connectivity index (χ0n) is 20.8. The Balaban J connectivity index is 1.92. The fourth-order valence-corrected chi connectivity index (χ4v) is 5.48. The van der Waals surface area contributed by atoms with Crippen LogP contribution in [0.25, 0.3) is 0 Å². The number of aryl methyl sites for hydroxylation is 1. The van der Waals surface area contributed by atoms with Crippen LogP contribution in [0.2, 0.25) is 5.02 Å². The summed E-state index contributed by atoms with van der Waals surface area (Å²) in [6.45, 7) is 5.10. The number of halogens is 1. The average molecular weight is 520 g/mol. The molecule has 1 aliphatic carbocycles. The summed E-state index contributed by atoms with van der Waals surface area (Å²) in [7, 11) is -3.80. The van der Waals surface area contributed by atoms with E-state index in [0.29, 0.717) is 16.3 Å². The molecule has 9 heteroatoms. The van der Waals surface area contributed by atoms with E-state index in [-0.39, 0.29) is 18.5 Å². The first kappa shape index (κ1) is 27.0. The Morgan fingerprint density at radius 1 is 1.09 bits per heavy atom. The van der Waals surface area contributed by atoms with Gasteiger partial charge in [-0.25, -0.2) is 8.42 Å². The summed E-state index contributed by atoms with van der Waals surface area (Å²) in [5.41, 5.74) is 2.78. The Labute approximate surface area is 213 Å². The van der Waals surface area contributed by atoms with Crippen LogP contribution in [0.3, 0.4) is 0 Å².